The number of ether oxygens (including phenoxy) is 1. The van der Waals surface area contributed by atoms with E-state index >= 15 is 0 Å². The van der Waals surface area contributed by atoms with Crippen LogP contribution in [0.5, 0.6) is 5.75 Å². The first-order valence-electron chi connectivity index (χ1n) is 6.73. The van der Waals surface area contributed by atoms with Crippen molar-refractivity contribution in [2.24, 2.45) is 0 Å². The molecular weight excluding hydrogens is 272 g/mol. The van der Waals surface area contributed by atoms with Crippen LogP contribution in [0, 0.1) is 0 Å². The standard InChI is InChI=1S/C15H18N2O4/c1-2-8-17(12-6-7-12)15(20)16-11-4-3-5-13(9-11)21-10-14(18)19/h2-5,9,12H,1,6-8,10H2,(H,16,20)(H,18,19). The van der Waals surface area contributed by atoms with Crippen molar-refractivity contribution in [3.8, 4) is 5.75 Å². The van der Waals surface area contributed by atoms with Crippen LogP contribution in [-0.4, -0.2) is 41.2 Å². The Morgan fingerprint density at radius 1 is 1.48 bits per heavy atom. The Bertz CT molecular complexity index is 540. The lowest BCUT2D eigenvalue weighted by Crippen LogP contribution is -2.36. The number of aliphatic carboxylic acids is 1. The average Bonchev–Trinajstić information content (AvgIpc) is 3.27. The van der Waals surface area contributed by atoms with Crippen molar-refractivity contribution < 1.29 is 19.4 Å². The summed E-state index contributed by atoms with van der Waals surface area (Å²) in [5, 5.41) is 11.4. The quantitative estimate of drug-likeness (QED) is 0.755. The third-order valence-corrected chi connectivity index (χ3v) is 3.02. The Morgan fingerprint density at radius 2 is 2.24 bits per heavy atom. The van der Waals surface area contributed by atoms with E-state index in [1.54, 1.807) is 35.2 Å². The largest absolute Gasteiger partial charge is 0.482 e. The highest BCUT2D eigenvalue weighted by Gasteiger charge is 2.31. The summed E-state index contributed by atoms with van der Waals surface area (Å²) in [7, 11) is 0. The van der Waals surface area contributed by atoms with Crippen molar-refractivity contribution >= 4 is 17.7 Å². The van der Waals surface area contributed by atoms with Crippen LogP contribution >= 0.6 is 0 Å². The molecule has 2 rings (SSSR count). The summed E-state index contributed by atoms with van der Waals surface area (Å²) in [5.74, 6) is -0.646. The Hall–Kier alpha value is -2.50. The normalized spacial score (nSPS) is 13.3. The fourth-order valence-corrected chi connectivity index (χ4v) is 1.93. The van der Waals surface area contributed by atoms with Crippen LogP contribution in [0.2, 0.25) is 0 Å². The monoisotopic (exact) mass is 290 g/mol. The zero-order valence-corrected chi connectivity index (χ0v) is 11.6. The minimum absolute atomic E-state index is 0.187. The fourth-order valence-electron chi connectivity index (χ4n) is 1.93. The Balaban J connectivity index is 1.97. The SMILES string of the molecule is C=CCN(C(=O)Nc1cccc(OCC(=O)O)c1)C1CC1. The van der Waals surface area contributed by atoms with Gasteiger partial charge >= 0.3 is 12.0 Å². The van der Waals surface area contributed by atoms with Gasteiger partial charge in [-0.1, -0.05) is 12.1 Å². The molecule has 1 aliphatic rings. The third kappa shape index (κ3) is 4.52. The zero-order valence-electron chi connectivity index (χ0n) is 11.6. The molecule has 21 heavy (non-hydrogen) atoms. The van der Waals surface area contributed by atoms with E-state index in [1.165, 1.54) is 0 Å². The van der Waals surface area contributed by atoms with Gasteiger partial charge < -0.3 is 20.1 Å². The Kier molecular flexibility index (Phi) is 4.81. The average molecular weight is 290 g/mol. The molecule has 0 spiro atoms. The molecule has 0 aliphatic heterocycles. The highest BCUT2D eigenvalue weighted by molar-refractivity contribution is 5.90. The first kappa shape index (κ1) is 14.9. The van der Waals surface area contributed by atoms with Gasteiger partial charge in [-0.05, 0) is 25.0 Å². The highest BCUT2D eigenvalue weighted by Crippen LogP contribution is 2.27. The summed E-state index contributed by atoms with van der Waals surface area (Å²) in [6, 6.07) is 6.76. The number of carboxylic acids is 1. The second-order valence-corrected chi connectivity index (χ2v) is 4.81. The number of hydrogen-bond acceptors (Lipinski definition) is 3. The summed E-state index contributed by atoms with van der Waals surface area (Å²) < 4.78 is 5.08. The number of nitrogens with one attached hydrogen (secondary N) is 1. The molecule has 0 radical (unpaired) electrons. The first-order valence-corrected chi connectivity index (χ1v) is 6.73. The summed E-state index contributed by atoms with van der Waals surface area (Å²) >= 11 is 0. The second kappa shape index (κ2) is 6.78. The maximum Gasteiger partial charge on any atom is 0.341 e. The summed E-state index contributed by atoms with van der Waals surface area (Å²) in [4.78, 5) is 24.4. The van der Waals surface area contributed by atoms with E-state index in [2.05, 4.69) is 11.9 Å². The molecule has 2 N–H and O–H groups in total. The Morgan fingerprint density at radius 3 is 2.86 bits per heavy atom. The van der Waals surface area contributed by atoms with Gasteiger partial charge in [0.2, 0.25) is 0 Å². The van der Waals surface area contributed by atoms with Gasteiger partial charge in [0, 0.05) is 24.3 Å². The molecule has 0 aromatic heterocycles. The smallest absolute Gasteiger partial charge is 0.341 e. The number of amides is 2. The van der Waals surface area contributed by atoms with E-state index in [9.17, 15) is 9.59 Å². The molecule has 1 aromatic rings. The van der Waals surface area contributed by atoms with Crippen LogP contribution in [0.1, 0.15) is 12.8 Å². The number of carboxylic acid groups (broad SMARTS) is 1. The maximum atomic E-state index is 12.2. The van der Waals surface area contributed by atoms with E-state index in [1.807, 2.05) is 0 Å². The van der Waals surface area contributed by atoms with Crippen LogP contribution < -0.4 is 10.1 Å². The van der Waals surface area contributed by atoms with Gasteiger partial charge in [0.25, 0.3) is 0 Å². The molecule has 1 fully saturated rings. The Labute approximate surface area is 123 Å². The van der Waals surface area contributed by atoms with Gasteiger partial charge in [-0.3, -0.25) is 0 Å². The highest BCUT2D eigenvalue weighted by atomic mass is 16.5. The molecule has 6 heteroatoms. The molecule has 1 aliphatic carbocycles. The van der Waals surface area contributed by atoms with Crippen molar-refractivity contribution in [3.05, 3.63) is 36.9 Å². The number of carbonyl (C=O) groups excluding carboxylic acids is 1. The first-order chi connectivity index (χ1) is 10.1. The van der Waals surface area contributed by atoms with Crippen LogP contribution in [-0.2, 0) is 4.79 Å². The molecular formula is C15H18N2O4. The number of benzene rings is 1. The van der Waals surface area contributed by atoms with Crippen LogP contribution in [0.15, 0.2) is 36.9 Å². The van der Waals surface area contributed by atoms with Crippen molar-refractivity contribution in [3.63, 3.8) is 0 Å². The van der Waals surface area contributed by atoms with Crippen LogP contribution in [0.25, 0.3) is 0 Å². The van der Waals surface area contributed by atoms with Crippen molar-refractivity contribution in [2.75, 3.05) is 18.5 Å². The van der Waals surface area contributed by atoms with Gasteiger partial charge in [-0.2, -0.15) is 0 Å². The zero-order chi connectivity index (χ0) is 15.2. The number of carbonyl (C=O) groups is 2. The summed E-state index contributed by atoms with van der Waals surface area (Å²) in [5.41, 5.74) is 0.567. The number of hydrogen-bond donors (Lipinski definition) is 2. The molecule has 112 valence electrons. The van der Waals surface area contributed by atoms with E-state index in [-0.39, 0.29) is 12.1 Å². The number of rotatable bonds is 7. The lowest BCUT2D eigenvalue weighted by atomic mass is 10.3. The van der Waals surface area contributed by atoms with E-state index in [4.69, 9.17) is 9.84 Å². The molecule has 1 aromatic carbocycles. The number of anilines is 1. The van der Waals surface area contributed by atoms with E-state index in [0.29, 0.717) is 18.0 Å². The molecule has 2 amide bonds. The molecule has 6 nitrogen and oxygen atoms in total. The van der Waals surface area contributed by atoms with Crippen molar-refractivity contribution in [2.45, 2.75) is 18.9 Å². The van der Waals surface area contributed by atoms with Gasteiger partial charge in [-0.15, -0.1) is 6.58 Å². The lowest BCUT2D eigenvalue weighted by Gasteiger charge is -2.21. The van der Waals surface area contributed by atoms with Crippen molar-refractivity contribution in [1.82, 2.24) is 4.90 Å². The third-order valence-electron chi connectivity index (χ3n) is 3.02. The molecule has 0 unspecified atom stereocenters. The predicted molar refractivity (Wildman–Crippen MR) is 78.5 cm³/mol. The van der Waals surface area contributed by atoms with Crippen LogP contribution in [0.4, 0.5) is 10.5 Å². The molecule has 0 bridgehead atoms. The van der Waals surface area contributed by atoms with Crippen LogP contribution in [0.3, 0.4) is 0 Å². The topological polar surface area (TPSA) is 78.9 Å². The molecule has 0 heterocycles. The molecule has 1 saturated carbocycles. The minimum Gasteiger partial charge on any atom is -0.482 e. The van der Waals surface area contributed by atoms with Crippen molar-refractivity contribution in [1.29, 1.82) is 0 Å². The fraction of sp³-hybridized carbons (Fsp3) is 0.333. The maximum absolute atomic E-state index is 12.2. The molecule has 0 atom stereocenters. The van der Waals surface area contributed by atoms with E-state index in [0.717, 1.165) is 12.8 Å². The lowest BCUT2D eigenvalue weighted by molar-refractivity contribution is -0.139. The number of nitrogens with zero attached hydrogens (tertiary/aromatic N) is 1. The van der Waals surface area contributed by atoms with E-state index < -0.39 is 12.6 Å². The summed E-state index contributed by atoms with van der Waals surface area (Å²) in [6.45, 7) is 3.75. The number of urea groups is 1. The molecule has 0 saturated heterocycles. The summed E-state index contributed by atoms with van der Waals surface area (Å²) in [6.07, 6.45) is 3.73. The minimum atomic E-state index is -1.05. The second-order valence-electron chi connectivity index (χ2n) is 4.81. The van der Waals surface area contributed by atoms with Gasteiger partial charge in [-0.25, -0.2) is 9.59 Å². The predicted octanol–water partition coefficient (Wildman–Crippen LogP) is 2.33. The van der Waals surface area contributed by atoms with Gasteiger partial charge in [0.15, 0.2) is 6.61 Å². The van der Waals surface area contributed by atoms with Gasteiger partial charge in [0.05, 0.1) is 0 Å². The van der Waals surface area contributed by atoms with Gasteiger partial charge in [0.1, 0.15) is 5.75 Å².